The first kappa shape index (κ1) is 21.0. The number of imide groups is 1. The van der Waals surface area contributed by atoms with Gasteiger partial charge in [-0.15, -0.1) is 10.2 Å². The summed E-state index contributed by atoms with van der Waals surface area (Å²) < 4.78 is 38.5. The lowest BCUT2D eigenvalue weighted by Gasteiger charge is -2.09. The molecule has 2 aromatic carbocycles. The number of carbonyl (C=O) groups is 2. The highest BCUT2D eigenvalue weighted by atomic mass is 19.4. The summed E-state index contributed by atoms with van der Waals surface area (Å²) in [4.78, 5) is 24.9. The SMILES string of the molecule is Cc1ccc(NC(=O)NC(=O)Cn2nnc(-c3cccc(C(F)(F)F)c3)n2)c(C)c1. The molecule has 2 N–H and O–H groups in total. The predicted molar refractivity (Wildman–Crippen MR) is 101 cm³/mol. The monoisotopic (exact) mass is 418 g/mol. The van der Waals surface area contributed by atoms with Crippen molar-refractivity contribution in [2.45, 2.75) is 26.6 Å². The molecule has 0 aliphatic heterocycles. The van der Waals surface area contributed by atoms with Gasteiger partial charge in [0.25, 0.3) is 5.91 Å². The lowest BCUT2D eigenvalue weighted by molar-refractivity contribution is -0.137. The highest BCUT2D eigenvalue weighted by molar-refractivity contribution is 6.01. The fourth-order valence-corrected chi connectivity index (χ4v) is 2.66. The van der Waals surface area contributed by atoms with E-state index in [0.717, 1.165) is 28.1 Å². The molecule has 8 nitrogen and oxygen atoms in total. The summed E-state index contributed by atoms with van der Waals surface area (Å²) in [6.07, 6.45) is -4.50. The topological polar surface area (TPSA) is 102 Å². The number of benzene rings is 2. The molecule has 0 aliphatic carbocycles. The van der Waals surface area contributed by atoms with E-state index in [9.17, 15) is 22.8 Å². The van der Waals surface area contributed by atoms with Crippen LogP contribution in [-0.2, 0) is 17.5 Å². The van der Waals surface area contributed by atoms with E-state index in [1.165, 1.54) is 12.1 Å². The summed E-state index contributed by atoms with van der Waals surface area (Å²) in [7, 11) is 0. The highest BCUT2D eigenvalue weighted by Crippen LogP contribution is 2.31. The van der Waals surface area contributed by atoms with Gasteiger partial charge in [0.1, 0.15) is 6.54 Å². The van der Waals surface area contributed by atoms with Crippen LogP contribution < -0.4 is 10.6 Å². The second-order valence-electron chi connectivity index (χ2n) is 6.54. The summed E-state index contributed by atoms with van der Waals surface area (Å²) in [6.45, 7) is 3.30. The van der Waals surface area contributed by atoms with Gasteiger partial charge in [0.2, 0.25) is 5.82 Å². The minimum atomic E-state index is -4.50. The van der Waals surface area contributed by atoms with Gasteiger partial charge in [0.15, 0.2) is 0 Å². The van der Waals surface area contributed by atoms with Crippen LogP contribution in [0.3, 0.4) is 0 Å². The number of hydrogen-bond donors (Lipinski definition) is 2. The van der Waals surface area contributed by atoms with Crippen molar-refractivity contribution in [3.8, 4) is 11.4 Å². The number of halogens is 3. The minimum Gasteiger partial charge on any atom is -0.307 e. The quantitative estimate of drug-likeness (QED) is 0.677. The van der Waals surface area contributed by atoms with Gasteiger partial charge < -0.3 is 5.32 Å². The molecule has 1 heterocycles. The first-order valence-corrected chi connectivity index (χ1v) is 8.75. The van der Waals surface area contributed by atoms with E-state index in [1.54, 1.807) is 6.07 Å². The second-order valence-corrected chi connectivity index (χ2v) is 6.54. The molecule has 0 bridgehead atoms. The van der Waals surface area contributed by atoms with Crippen LogP contribution in [0.1, 0.15) is 16.7 Å². The first-order chi connectivity index (χ1) is 14.1. The normalized spacial score (nSPS) is 11.2. The molecule has 1 aromatic heterocycles. The Labute approximate surface area is 169 Å². The Morgan fingerprint density at radius 1 is 1.10 bits per heavy atom. The maximum Gasteiger partial charge on any atom is 0.416 e. The number of anilines is 1. The molecule has 0 fully saturated rings. The highest BCUT2D eigenvalue weighted by Gasteiger charge is 2.30. The van der Waals surface area contributed by atoms with Gasteiger partial charge in [-0.05, 0) is 42.8 Å². The van der Waals surface area contributed by atoms with E-state index in [1.807, 2.05) is 26.0 Å². The molecule has 156 valence electrons. The summed E-state index contributed by atoms with van der Waals surface area (Å²) in [5, 5.41) is 15.9. The Hall–Kier alpha value is -3.76. The molecule has 0 saturated carbocycles. The van der Waals surface area contributed by atoms with Gasteiger partial charge in [-0.3, -0.25) is 10.1 Å². The van der Waals surface area contributed by atoms with Crippen molar-refractivity contribution in [3.05, 3.63) is 59.2 Å². The van der Waals surface area contributed by atoms with E-state index in [2.05, 4.69) is 26.0 Å². The average molecular weight is 418 g/mol. The minimum absolute atomic E-state index is 0.0753. The van der Waals surface area contributed by atoms with E-state index in [4.69, 9.17) is 0 Å². The number of tetrazole rings is 1. The van der Waals surface area contributed by atoms with Crippen molar-refractivity contribution < 1.29 is 22.8 Å². The van der Waals surface area contributed by atoms with Crippen LogP contribution >= 0.6 is 0 Å². The third-order valence-electron chi connectivity index (χ3n) is 4.07. The van der Waals surface area contributed by atoms with Gasteiger partial charge in [-0.2, -0.15) is 18.0 Å². The Kier molecular flexibility index (Phi) is 5.81. The van der Waals surface area contributed by atoms with E-state index >= 15 is 0 Å². The molecule has 3 aromatic rings. The Morgan fingerprint density at radius 3 is 2.57 bits per heavy atom. The predicted octanol–water partition coefficient (Wildman–Crippen LogP) is 3.32. The Balaban J connectivity index is 1.62. The van der Waals surface area contributed by atoms with Crippen molar-refractivity contribution in [1.29, 1.82) is 0 Å². The fraction of sp³-hybridized carbons (Fsp3) is 0.211. The molecule has 0 unspecified atom stereocenters. The van der Waals surface area contributed by atoms with Gasteiger partial charge in [0.05, 0.1) is 5.56 Å². The third kappa shape index (κ3) is 5.19. The first-order valence-electron chi connectivity index (χ1n) is 8.75. The maximum absolute atomic E-state index is 12.8. The zero-order valence-electron chi connectivity index (χ0n) is 16.0. The average Bonchev–Trinajstić information content (AvgIpc) is 3.11. The fourth-order valence-electron chi connectivity index (χ4n) is 2.66. The number of nitrogens with one attached hydrogen (secondary N) is 2. The zero-order valence-corrected chi connectivity index (χ0v) is 16.0. The second kappa shape index (κ2) is 8.31. The summed E-state index contributed by atoms with van der Waals surface area (Å²) in [5.74, 6) is -0.793. The number of rotatable bonds is 4. The summed E-state index contributed by atoms with van der Waals surface area (Å²) in [5.41, 5.74) is 1.67. The number of alkyl halides is 3. The molecule has 3 amide bonds. The molecule has 0 radical (unpaired) electrons. The number of nitrogens with zero attached hydrogens (tertiary/aromatic N) is 4. The maximum atomic E-state index is 12.8. The Bertz CT molecular complexity index is 1090. The van der Waals surface area contributed by atoms with E-state index < -0.39 is 30.2 Å². The van der Waals surface area contributed by atoms with Crippen molar-refractivity contribution in [3.63, 3.8) is 0 Å². The van der Waals surface area contributed by atoms with Crippen molar-refractivity contribution >= 4 is 17.6 Å². The number of carbonyl (C=O) groups excluding carboxylic acids is 2. The van der Waals surface area contributed by atoms with Gasteiger partial charge >= 0.3 is 12.2 Å². The van der Waals surface area contributed by atoms with Crippen molar-refractivity contribution in [2.75, 3.05) is 5.32 Å². The lowest BCUT2D eigenvalue weighted by Crippen LogP contribution is -2.37. The van der Waals surface area contributed by atoms with Crippen LogP contribution in [0.2, 0.25) is 0 Å². The summed E-state index contributed by atoms with van der Waals surface area (Å²) >= 11 is 0. The standard InChI is InChI=1S/C19H17F3N6O2/c1-11-6-7-15(12(2)8-11)23-18(30)24-16(29)10-28-26-17(25-27-28)13-4-3-5-14(9-13)19(20,21)22/h3-9H,10H2,1-2H3,(H2,23,24,29,30). The van der Waals surface area contributed by atoms with Crippen LogP contribution in [0.15, 0.2) is 42.5 Å². The summed E-state index contributed by atoms with van der Waals surface area (Å²) in [6, 6.07) is 9.12. The van der Waals surface area contributed by atoms with E-state index in [-0.39, 0.29) is 11.4 Å². The molecule has 0 atom stereocenters. The van der Waals surface area contributed by atoms with Crippen molar-refractivity contribution in [2.24, 2.45) is 0 Å². The number of hydrogen-bond acceptors (Lipinski definition) is 5. The number of aromatic nitrogens is 4. The molecular weight excluding hydrogens is 401 g/mol. The largest absolute Gasteiger partial charge is 0.416 e. The smallest absolute Gasteiger partial charge is 0.307 e. The molecule has 0 aliphatic rings. The number of aryl methyl sites for hydroxylation is 2. The van der Waals surface area contributed by atoms with Gasteiger partial charge in [-0.1, -0.05) is 29.8 Å². The Morgan fingerprint density at radius 2 is 1.87 bits per heavy atom. The van der Waals surface area contributed by atoms with Crippen LogP contribution in [0.5, 0.6) is 0 Å². The molecule has 0 spiro atoms. The molecular formula is C19H17F3N6O2. The van der Waals surface area contributed by atoms with Gasteiger partial charge in [-0.25, -0.2) is 4.79 Å². The molecule has 30 heavy (non-hydrogen) atoms. The van der Waals surface area contributed by atoms with Crippen LogP contribution in [0.4, 0.5) is 23.7 Å². The zero-order chi connectivity index (χ0) is 21.9. The van der Waals surface area contributed by atoms with Gasteiger partial charge in [0, 0.05) is 11.3 Å². The third-order valence-corrected chi connectivity index (χ3v) is 4.07. The lowest BCUT2D eigenvalue weighted by atomic mass is 10.1. The number of urea groups is 1. The van der Waals surface area contributed by atoms with Crippen LogP contribution in [0.25, 0.3) is 11.4 Å². The van der Waals surface area contributed by atoms with Crippen molar-refractivity contribution in [1.82, 2.24) is 25.5 Å². The van der Waals surface area contributed by atoms with E-state index in [0.29, 0.717) is 5.69 Å². The molecule has 11 heteroatoms. The number of amides is 3. The van der Waals surface area contributed by atoms with Crippen LogP contribution in [-0.4, -0.2) is 32.1 Å². The van der Waals surface area contributed by atoms with Crippen LogP contribution in [0, 0.1) is 13.8 Å². The molecule has 0 saturated heterocycles. The molecule has 3 rings (SSSR count).